The van der Waals surface area contributed by atoms with Gasteiger partial charge in [-0.2, -0.15) is 0 Å². The summed E-state index contributed by atoms with van der Waals surface area (Å²) in [6, 6.07) is 10.8. The molecule has 0 aliphatic carbocycles. The zero-order chi connectivity index (χ0) is 17.8. The third-order valence-electron chi connectivity index (χ3n) is 3.03. The Labute approximate surface area is 156 Å². The van der Waals surface area contributed by atoms with E-state index in [4.69, 9.17) is 27.9 Å². The molecule has 1 amide bonds. The molecule has 0 aliphatic heterocycles. The van der Waals surface area contributed by atoms with Crippen LogP contribution in [0.15, 0.2) is 42.5 Å². The molecular weight excluding hydrogens is 388 g/mol. The van der Waals surface area contributed by atoms with Gasteiger partial charge in [-0.3, -0.25) is 10.1 Å². The van der Waals surface area contributed by atoms with Gasteiger partial charge in [0.2, 0.25) is 5.13 Å². The molecule has 3 rings (SSSR count). The fraction of sp³-hybridized carbons (Fsp3) is 0.0625. The highest BCUT2D eigenvalue weighted by Crippen LogP contribution is 2.33. The molecule has 1 heterocycles. The minimum atomic E-state index is -0.536. The smallest absolute Gasteiger partial charge is 0.264 e. The first-order valence-electron chi connectivity index (χ1n) is 6.99. The number of nitrogens with zero attached hydrogens (tertiary/aromatic N) is 2. The number of carbonyl (C=O) groups is 1. The van der Waals surface area contributed by atoms with Crippen molar-refractivity contribution >= 4 is 45.6 Å². The Morgan fingerprint density at radius 3 is 2.76 bits per heavy atom. The largest absolute Gasteiger partial charge is 0.481 e. The van der Waals surface area contributed by atoms with Crippen LogP contribution < -0.4 is 10.1 Å². The predicted molar refractivity (Wildman–Crippen MR) is 95.9 cm³/mol. The Bertz CT molecular complexity index is 920. The van der Waals surface area contributed by atoms with Crippen LogP contribution in [0.2, 0.25) is 10.0 Å². The SMILES string of the molecule is O=C(COc1ccccc1F)Nc1nnc(-c2ccc(Cl)cc2Cl)s1. The second-order valence-electron chi connectivity index (χ2n) is 4.80. The van der Waals surface area contributed by atoms with Crippen LogP contribution in [-0.4, -0.2) is 22.7 Å². The molecule has 0 bridgehead atoms. The van der Waals surface area contributed by atoms with Crippen LogP contribution in [0.3, 0.4) is 0 Å². The average Bonchev–Trinajstić information content (AvgIpc) is 3.02. The van der Waals surface area contributed by atoms with E-state index in [1.807, 2.05) is 0 Å². The highest BCUT2D eigenvalue weighted by atomic mass is 35.5. The summed E-state index contributed by atoms with van der Waals surface area (Å²) in [4.78, 5) is 11.9. The molecule has 1 aromatic heterocycles. The van der Waals surface area contributed by atoms with Crippen molar-refractivity contribution in [3.8, 4) is 16.3 Å². The van der Waals surface area contributed by atoms with E-state index in [0.29, 0.717) is 20.6 Å². The summed E-state index contributed by atoms with van der Waals surface area (Å²) in [6.45, 7) is -0.350. The van der Waals surface area contributed by atoms with Gasteiger partial charge in [-0.05, 0) is 30.3 Å². The molecule has 2 aromatic carbocycles. The van der Waals surface area contributed by atoms with Gasteiger partial charge in [0.15, 0.2) is 23.2 Å². The van der Waals surface area contributed by atoms with Gasteiger partial charge in [0.1, 0.15) is 0 Å². The molecule has 0 unspecified atom stereocenters. The molecule has 0 saturated heterocycles. The first-order chi connectivity index (χ1) is 12.0. The Hall–Kier alpha value is -2.22. The molecular formula is C16H10Cl2FN3O2S. The number of amides is 1. The molecule has 25 heavy (non-hydrogen) atoms. The highest BCUT2D eigenvalue weighted by molar-refractivity contribution is 7.18. The number of rotatable bonds is 5. The highest BCUT2D eigenvalue weighted by Gasteiger charge is 2.13. The zero-order valence-electron chi connectivity index (χ0n) is 12.5. The van der Waals surface area contributed by atoms with Crippen LogP contribution in [0, 0.1) is 5.82 Å². The number of hydrogen-bond donors (Lipinski definition) is 1. The third kappa shape index (κ3) is 4.45. The number of nitrogens with one attached hydrogen (secondary N) is 1. The lowest BCUT2D eigenvalue weighted by molar-refractivity contribution is -0.118. The molecule has 0 aliphatic rings. The summed E-state index contributed by atoms with van der Waals surface area (Å²) < 4.78 is 18.6. The van der Waals surface area contributed by atoms with Crippen molar-refractivity contribution in [3.63, 3.8) is 0 Å². The van der Waals surface area contributed by atoms with Crippen LogP contribution in [0.4, 0.5) is 9.52 Å². The minimum Gasteiger partial charge on any atom is -0.481 e. The van der Waals surface area contributed by atoms with E-state index in [9.17, 15) is 9.18 Å². The van der Waals surface area contributed by atoms with E-state index in [1.54, 1.807) is 24.3 Å². The second-order valence-corrected chi connectivity index (χ2v) is 6.62. The summed E-state index contributed by atoms with van der Waals surface area (Å²) in [6.07, 6.45) is 0. The van der Waals surface area contributed by atoms with Gasteiger partial charge < -0.3 is 4.74 Å². The van der Waals surface area contributed by atoms with Gasteiger partial charge in [0.25, 0.3) is 5.91 Å². The van der Waals surface area contributed by atoms with E-state index in [1.165, 1.54) is 18.2 Å². The number of benzene rings is 2. The van der Waals surface area contributed by atoms with Crippen molar-refractivity contribution in [1.29, 1.82) is 0 Å². The molecule has 0 spiro atoms. The van der Waals surface area contributed by atoms with Crippen LogP contribution in [-0.2, 0) is 4.79 Å². The van der Waals surface area contributed by atoms with E-state index < -0.39 is 11.7 Å². The van der Waals surface area contributed by atoms with Gasteiger partial charge in [-0.25, -0.2) is 4.39 Å². The quantitative estimate of drug-likeness (QED) is 0.679. The molecule has 3 aromatic rings. The Morgan fingerprint density at radius 1 is 1.20 bits per heavy atom. The topological polar surface area (TPSA) is 64.1 Å². The van der Waals surface area contributed by atoms with Crippen molar-refractivity contribution in [3.05, 3.63) is 58.3 Å². The van der Waals surface area contributed by atoms with E-state index in [-0.39, 0.29) is 17.5 Å². The molecule has 128 valence electrons. The summed E-state index contributed by atoms with van der Waals surface area (Å²) in [5.74, 6) is -1.01. The van der Waals surface area contributed by atoms with Gasteiger partial charge in [0, 0.05) is 10.6 Å². The first-order valence-corrected chi connectivity index (χ1v) is 8.56. The van der Waals surface area contributed by atoms with Crippen molar-refractivity contribution in [2.75, 3.05) is 11.9 Å². The van der Waals surface area contributed by atoms with Gasteiger partial charge in [0.05, 0.1) is 5.02 Å². The van der Waals surface area contributed by atoms with Crippen LogP contribution in [0.1, 0.15) is 0 Å². The standard InChI is InChI=1S/C16H10Cl2FN3O2S/c17-9-5-6-10(11(18)7-9)15-21-22-16(25-15)20-14(23)8-24-13-4-2-1-3-12(13)19/h1-7H,8H2,(H,20,22,23). The van der Waals surface area contributed by atoms with E-state index >= 15 is 0 Å². The number of anilines is 1. The molecule has 1 N–H and O–H groups in total. The maximum Gasteiger partial charge on any atom is 0.264 e. The molecule has 9 heteroatoms. The van der Waals surface area contributed by atoms with E-state index in [0.717, 1.165) is 11.3 Å². The lowest BCUT2D eigenvalue weighted by Gasteiger charge is -2.06. The molecule has 5 nitrogen and oxygen atoms in total. The fourth-order valence-electron chi connectivity index (χ4n) is 1.91. The van der Waals surface area contributed by atoms with Crippen molar-refractivity contribution in [2.45, 2.75) is 0 Å². The molecule has 0 saturated carbocycles. The number of aromatic nitrogens is 2. The van der Waals surface area contributed by atoms with Gasteiger partial charge in [-0.1, -0.05) is 46.7 Å². The number of para-hydroxylation sites is 1. The van der Waals surface area contributed by atoms with Gasteiger partial charge >= 0.3 is 0 Å². The Balaban J connectivity index is 1.63. The number of ether oxygens (including phenoxy) is 1. The van der Waals surface area contributed by atoms with Crippen molar-refractivity contribution in [2.24, 2.45) is 0 Å². The van der Waals surface area contributed by atoms with Crippen LogP contribution in [0.25, 0.3) is 10.6 Å². The lowest BCUT2D eigenvalue weighted by Crippen LogP contribution is -2.20. The summed E-state index contributed by atoms with van der Waals surface area (Å²) in [5, 5.41) is 12.2. The molecule has 0 radical (unpaired) electrons. The summed E-state index contributed by atoms with van der Waals surface area (Å²) in [5.41, 5.74) is 0.659. The second kappa shape index (κ2) is 7.77. The third-order valence-corrected chi connectivity index (χ3v) is 4.45. The zero-order valence-corrected chi connectivity index (χ0v) is 14.8. The number of hydrogen-bond acceptors (Lipinski definition) is 5. The van der Waals surface area contributed by atoms with Crippen LogP contribution >= 0.6 is 34.5 Å². The van der Waals surface area contributed by atoms with Crippen molar-refractivity contribution in [1.82, 2.24) is 10.2 Å². The predicted octanol–water partition coefficient (Wildman–Crippen LogP) is 4.67. The number of carbonyl (C=O) groups excluding carboxylic acids is 1. The van der Waals surface area contributed by atoms with Crippen LogP contribution in [0.5, 0.6) is 5.75 Å². The number of halogens is 3. The van der Waals surface area contributed by atoms with Gasteiger partial charge in [-0.15, -0.1) is 10.2 Å². The minimum absolute atomic E-state index is 0.00329. The maximum atomic E-state index is 13.4. The fourth-order valence-corrected chi connectivity index (χ4v) is 3.26. The monoisotopic (exact) mass is 397 g/mol. The average molecular weight is 398 g/mol. The molecule has 0 fully saturated rings. The maximum absolute atomic E-state index is 13.4. The first kappa shape index (κ1) is 17.6. The normalized spacial score (nSPS) is 10.5. The summed E-state index contributed by atoms with van der Waals surface area (Å²) >= 11 is 13.1. The lowest BCUT2D eigenvalue weighted by atomic mass is 10.2. The summed E-state index contributed by atoms with van der Waals surface area (Å²) in [7, 11) is 0. The van der Waals surface area contributed by atoms with E-state index in [2.05, 4.69) is 15.5 Å². The Kier molecular flexibility index (Phi) is 5.47. The van der Waals surface area contributed by atoms with Crippen molar-refractivity contribution < 1.29 is 13.9 Å². The Morgan fingerprint density at radius 2 is 2.00 bits per heavy atom. The molecule has 0 atom stereocenters.